The Labute approximate surface area is 111 Å². The van der Waals surface area contributed by atoms with Gasteiger partial charge in [0.2, 0.25) is 5.76 Å². The van der Waals surface area contributed by atoms with Crippen LogP contribution in [0.25, 0.3) is 0 Å². The lowest BCUT2D eigenvalue weighted by Crippen LogP contribution is -2.30. The van der Waals surface area contributed by atoms with Crippen LogP contribution in [0.2, 0.25) is 0 Å². The first-order valence-corrected chi connectivity index (χ1v) is 6.02. The van der Waals surface area contributed by atoms with E-state index in [2.05, 4.69) is 10.3 Å². The van der Waals surface area contributed by atoms with Crippen LogP contribution < -0.4 is 5.32 Å². The smallest absolute Gasteiger partial charge is 0.289 e. The van der Waals surface area contributed by atoms with Crippen molar-refractivity contribution in [3.8, 4) is 0 Å². The number of nitrogens with one attached hydrogen (secondary N) is 1. The molecule has 1 amide bonds. The second kappa shape index (κ2) is 5.67. The highest BCUT2D eigenvalue weighted by atomic mass is 16.4. The van der Waals surface area contributed by atoms with Gasteiger partial charge in [0, 0.05) is 6.92 Å². The van der Waals surface area contributed by atoms with Gasteiger partial charge in [-0.25, -0.2) is 4.98 Å². The number of aliphatic hydroxyl groups is 1. The molecule has 2 aromatic rings. The zero-order valence-corrected chi connectivity index (χ0v) is 10.9. The van der Waals surface area contributed by atoms with Crippen LogP contribution in [-0.4, -0.2) is 22.6 Å². The van der Waals surface area contributed by atoms with Crippen molar-refractivity contribution < 1.29 is 14.3 Å². The second-order valence-corrected chi connectivity index (χ2v) is 4.27. The van der Waals surface area contributed by atoms with Gasteiger partial charge in [-0.3, -0.25) is 4.79 Å². The maximum absolute atomic E-state index is 12.1. The van der Waals surface area contributed by atoms with Gasteiger partial charge in [-0.1, -0.05) is 30.3 Å². The molecule has 1 heterocycles. The molecule has 1 aromatic carbocycles. The van der Waals surface area contributed by atoms with Crippen LogP contribution in [0.4, 0.5) is 0 Å². The van der Waals surface area contributed by atoms with E-state index in [0.29, 0.717) is 11.6 Å². The molecule has 0 radical (unpaired) electrons. The predicted molar refractivity (Wildman–Crippen MR) is 69.7 cm³/mol. The van der Waals surface area contributed by atoms with Crippen molar-refractivity contribution in [2.45, 2.75) is 19.9 Å². The van der Waals surface area contributed by atoms with Crippen molar-refractivity contribution in [3.05, 3.63) is 53.2 Å². The minimum Gasteiger partial charge on any atom is -0.436 e. The van der Waals surface area contributed by atoms with Crippen LogP contribution >= 0.6 is 0 Å². The number of aryl methyl sites for hydroxylation is 2. The number of carbonyl (C=O) groups excluding carboxylic acids is 1. The highest BCUT2D eigenvalue weighted by Crippen LogP contribution is 2.14. The van der Waals surface area contributed by atoms with E-state index in [-0.39, 0.29) is 18.3 Å². The number of benzene rings is 1. The van der Waals surface area contributed by atoms with Crippen LogP contribution in [0.3, 0.4) is 0 Å². The maximum Gasteiger partial charge on any atom is 0.289 e. The lowest BCUT2D eigenvalue weighted by molar-refractivity contribution is 0.0886. The fourth-order valence-corrected chi connectivity index (χ4v) is 1.89. The Morgan fingerprint density at radius 3 is 2.58 bits per heavy atom. The summed E-state index contributed by atoms with van der Waals surface area (Å²) in [6.07, 6.45) is 0. The fourth-order valence-electron chi connectivity index (χ4n) is 1.89. The summed E-state index contributed by atoms with van der Waals surface area (Å²) in [4.78, 5) is 16.1. The first kappa shape index (κ1) is 13.3. The summed E-state index contributed by atoms with van der Waals surface area (Å²) in [6, 6.07) is 8.82. The number of rotatable bonds is 4. The van der Waals surface area contributed by atoms with Crippen LogP contribution in [0.5, 0.6) is 0 Å². The molecule has 0 aliphatic carbocycles. The lowest BCUT2D eigenvalue weighted by atomic mass is 10.1. The van der Waals surface area contributed by atoms with Crippen LogP contribution in [-0.2, 0) is 0 Å². The molecule has 19 heavy (non-hydrogen) atoms. The van der Waals surface area contributed by atoms with Gasteiger partial charge in [-0.15, -0.1) is 0 Å². The van der Waals surface area contributed by atoms with Gasteiger partial charge >= 0.3 is 0 Å². The zero-order valence-electron chi connectivity index (χ0n) is 10.9. The predicted octanol–water partition coefficient (Wildman–Crippen LogP) is 1.75. The van der Waals surface area contributed by atoms with Crippen molar-refractivity contribution in [3.63, 3.8) is 0 Å². The Morgan fingerprint density at radius 2 is 2.05 bits per heavy atom. The van der Waals surface area contributed by atoms with Gasteiger partial charge in [0.25, 0.3) is 5.91 Å². The Morgan fingerprint density at radius 1 is 1.37 bits per heavy atom. The van der Waals surface area contributed by atoms with Gasteiger partial charge < -0.3 is 14.8 Å². The Bertz CT molecular complexity index is 563. The molecule has 100 valence electrons. The Balaban J connectivity index is 2.15. The molecule has 1 unspecified atom stereocenters. The second-order valence-electron chi connectivity index (χ2n) is 4.27. The molecule has 0 bridgehead atoms. The molecule has 5 nitrogen and oxygen atoms in total. The highest BCUT2D eigenvalue weighted by molar-refractivity contribution is 5.92. The summed E-state index contributed by atoms with van der Waals surface area (Å²) >= 11 is 0. The van der Waals surface area contributed by atoms with Gasteiger partial charge in [0.05, 0.1) is 18.3 Å². The molecule has 0 saturated carbocycles. The van der Waals surface area contributed by atoms with Crippen molar-refractivity contribution in [2.24, 2.45) is 0 Å². The van der Waals surface area contributed by atoms with Gasteiger partial charge in [0.1, 0.15) is 0 Å². The average Bonchev–Trinajstić information content (AvgIpc) is 2.76. The molecule has 5 heteroatoms. The summed E-state index contributed by atoms with van der Waals surface area (Å²) in [6.45, 7) is 3.22. The topological polar surface area (TPSA) is 75.4 Å². The van der Waals surface area contributed by atoms with E-state index < -0.39 is 6.04 Å². The first-order valence-electron chi connectivity index (χ1n) is 6.02. The lowest BCUT2D eigenvalue weighted by Gasteiger charge is -2.15. The molecule has 1 aromatic heterocycles. The largest absolute Gasteiger partial charge is 0.436 e. The Kier molecular flexibility index (Phi) is 3.97. The average molecular weight is 260 g/mol. The minimum absolute atomic E-state index is 0.179. The number of amides is 1. The van der Waals surface area contributed by atoms with Crippen molar-refractivity contribution in [1.82, 2.24) is 10.3 Å². The van der Waals surface area contributed by atoms with E-state index in [1.54, 1.807) is 13.8 Å². The van der Waals surface area contributed by atoms with E-state index in [1.165, 1.54) is 0 Å². The van der Waals surface area contributed by atoms with Gasteiger partial charge in [0.15, 0.2) is 5.89 Å². The molecule has 1 atom stereocenters. The third kappa shape index (κ3) is 3.00. The number of aromatic nitrogens is 1. The van der Waals surface area contributed by atoms with Crippen molar-refractivity contribution >= 4 is 5.91 Å². The number of hydrogen-bond donors (Lipinski definition) is 2. The summed E-state index contributed by atoms with van der Waals surface area (Å²) in [7, 11) is 0. The molecular weight excluding hydrogens is 244 g/mol. The van der Waals surface area contributed by atoms with Crippen molar-refractivity contribution in [2.75, 3.05) is 6.61 Å². The molecule has 0 spiro atoms. The SMILES string of the molecule is Cc1nc(C)c(C(=O)NC(CO)c2ccccc2)o1. The third-order valence-electron chi connectivity index (χ3n) is 2.80. The molecule has 0 fully saturated rings. The number of carbonyl (C=O) groups is 1. The molecule has 2 rings (SSSR count). The van der Waals surface area contributed by atoms with Crippen molar-refractivity contribution in [1.29, 1.82) is 0 Å². The van der Waals surface area contributed by atoms with Crippen LogP contribution in [0, 0.1) is 13.8 Å². The molecular formula is C14H16N2O3. The zero-order chi connectivity index (χ0) is 13.8. The quantitative estimate of drug-likeness (QED) is 0.878. The molecule has 2 N–H and O–H groups in total. The summed E-state index contributed by atoms with van der Waals surface area (Å²) < 4.78 is 5.25. The Hall–Kier alpha value is -2.14. The van der Waals surface area contributed by atoms with Crippen LogP contribution in [0.1, 0.15) is 33.7 Å². The first-order chi connectivity index (χ1) is 9.11. The minimum atomic E-state index is -0.460. The normalized spacial score (nSPS) is 12.2. The monoisotopic (exact) mass is 260 g/mol. The maximum atomic E-state index is 12.1. The number of nitrogens with zero attached hydrogens (tertiary/aromatic N) is 1. The molecule has 0 aliphatic rings. The standard InChI is InChI=1S/C14H16N2O3/c1-9-13(19-10(2)15-9)14(18)16-12(8-17)11-6-4-3-5-7-11/h3-7,12,17H,8H2,1-2H3,(H,16,18). The van der Waals surface area contributed by atoms with E-state index in [9.17, 15) is 9.90 Å². The summed E-state index contributed by atoms with van der Waals surface area (Å²) in [5.74, 6) is 0.260. The van der Waals surface area contributed by atoms with Crippen LogP contribution in [0.15, 0.2) is 34.7 Å². The highest BCUT2D eigenvalue weighted by Gasteiger charge is 2.20. The third-order valence-corrected chi connectivity index (χ3v) is 2.80. The number of hydrogen-bond acceptors (Lipinski definition) is 4. The van der Waals surface area contributed by atoms with E-state index in [4.69, 9.17) is 4.42 Å². The van der Waals surface area contributed by atoms with Gasteiger partial charge in [-0.2, -0.15) is 0 Å². The summed E-state index contributed by atoms with van der Waals surface area (Å²) in [5, 5.41) is 12.1. The number of aliphatic hydroxyl groups excluding tert-OH is 1. The van der Waals surface area contributed by atoms with E-state index >= 15 is 0 Å². The summed E-state index contributed by atoms with van der Waals surface area (Å²) in [5.41, 5.74) is 1.38. The number of oxazole rings is 1. The molecule has 0 saturated heterocycles. The van der Waals surface area contributed by atoms with Gasteiger partial charge in [-0.05, 0) is 12.5 Å². The van der Waals surface area contributed by atoms with E-state index in [0.717, 1.165) is 5.56 Å². The molecule has 0 aliphatic heterocycles. The van der Waals surface area contributed by atoms with E-state index in [1.807, 2.05) is 30.3 Å². The fraction of sp³-hybridized carbons (Fsp3) is 0.286.